The van der Waals surface area contributed by atoms with E-state index in [1.807, 2.05) is 6.92 Å². The molecule has 2 aromatic rings. The second-order valence-electron chi connectivity index (χ2n) is 4.02. The molecule has 0 unspecified atom stereocenters. The average molecular weight is 345 g/mol. The monoisotopic (exact) mass is 343 g/mol. The predicted octanol–water partition coefficient (Wildman–Crippen LogP) is 4.13. The van der Waals surface area contributed by atoms with Gasteiger partial charge in [0.25, 0.3) is 0 Å². The van der Waals surface area contributed by atoms with Gasteiger partial charge in [0.1, 0.15) is 5.82 Å². The van der Waals surface area contributed by atoms with Crippen LogP contribution in [-0.2, 0) is 0 Å². The molecule has 0 atom stereocenters. The minimum absolute atomic E-state index is 0. The Labute approximate surface area is 125 Å². The van der Waals surface area contributed by atoms with Crippen molar-refractivity contribution in [1.29, 1.82) is 0 Å². The zero-order valence-electron chi connectivity index (χ0n) is 10.1. The van der Waals surface area contributed by atoms with Crippen LogP contribution in [-0.4, -0.2) is 5.78 Å². The van der Waals surface area contributed by atoms with E-state index in [1.54, 1.807) is 12.1 Å². The van der Waals surface area contributed by atoms with E-state index in [4.69, 9.17) is 5.73 Å². The highest BCUT2D eigenvalue weighted by Gasteiger charge is 2.13. The largest absolute Gasteiger partial charge is 0.398 e. The molecule has 0 aromatic heterocycles. The molecule has 2 rings (SSSR count). The van der Waals surface area contributed by atoms with Crippen molar-refractivity contribution in [3.8, 4) is 0 Å². The fraction of sp³-hybridized carbons (Fsp3) is 0.0714. The zero-order valence-corrected chi connectivity index (χ0v) is 12.5. The fourth-order valence-electron chi connectivity index (χ4n) is 1.65. The third-order valence-electron chi connectivity index (χ3n) is 2.68. The third kappa shape index (κ3) is 3.33. The van der Waals surface area contributed by atoms with Crippen LogP contribution in [0.15, 0.2) is 40.9 Å². The highest BCUT2D eigenvalue weighted by molar-refractivity contribution is 9.10. The standard InChI is InChI=1S/C14H11BrFNO.ClH/c1-8-6-11(13(17)7-12(8)15)14(18)9-2-4-10(16)5-3-9;/h2-7H,17H2,1H3;1H. The Balaban J connectivity index is 0.00000180. The number of nitrogen functional groups attached to an aromatic ring is 1. The van der Waals surface area contributed by atoms with Gasteiger partial charge in [0.15, 0.2) is 5.78 Å². The second-order valence-corrected chi connectivity index (χ2v) is 4.88. The summed E-state index contributed by atoms with van der Waals surface area (Å²) in [5.74, 6) is -0.574. The maximum atomic E-state index is 12.8. The first-order chi connectivity index (χ1) is 8.49. The molecule has 0 fully saturated rings. The Morgan fingerprint density at radius 3 is 2.37 bits per heavy atom. The molecule has 100 valence electrons. The van der Waals surface area contributed by atoms with Crippen LogP contribution in [0.5, 0.6) is 0 Å². The lowest BCUT2D eigenvalue weighted by atomic mass is 10.00. The molecule has 0 aliphatic carbocycles. The van der Waals surface area contributed by atoms with E-state index in [0.29, 0.717) is 16.8 Å². The van der Waals surface area contributed by atoms with Crippen LogP contribution in [0.3, 0.4) is 0 Å². The van der Waals surface area contributed by atoms with E-state index < -0.39 is 0 Å². The van der Waals surface area contributed by atoms with Gasteiger partial charge < -0.3 is 5.73 Å². The van der Waals surface area contributed by atoms with Crippen molar-refractivity contribution in [3.63, 3.8) is 0 Å². The fourth-order valence-corrected chi connectivity index (χ4v) is 2.01. The van der Waals surface area contributed by atoms with Crippen LogP contribution in [0.25, 0.3) is 0 Å². The number of carbonyl (C=O) groups is 1. The van der Waals surface area contributed by atoms with Crippen molar-refractivity contribution in [1.82, 2.24) is 0 Å². The van der Waals surface area contributed by atoms with E-state index >= 15 is 0 Å². The van der Waals surface area contributed by atoms with Crippen LogP contribution < -0.4 is 5.73 Å². The summed E-state index contributed by atoms with van der Waals surface area (Å²) < 4.78 is 13.7. The Kier molecular flexibility index (Phi) is 5.09. The van der Waals surface area contributed by atoms with Crippen LogP contribution in [0.2, 0.25) is 0 Å². The molecule has 0 saturated carbocycles. The summed E-state index contributed by atoms with van der Waals surface area (Å²) in [6, 6.07) is 8.85. The van der Waals surface area contributed by atoms with Crippen molar-refractivity contribution >= 4 is 39.8 Å². The number of nitrogens with two attached hydrogens (primary N) is 1. The number of carbonyl (C=O) groups excluding carboxylic acids is 1. The van der Waals surface area contributed by atoms with E-state index in [2.05, 4.69) is 15.9 Å². The first-order valence-electron chi connectivity index (χ1n) is 5.35. The maximum absolute atomic E-state index is 12.8. The van der Waals surface area contributed by atoms with Gasteiger partial charge in [-0.15, -0.1) is 12.4 Å². The highest BCUT2D eigenvalue weighted by Crippen LogP contribution is 2.25. The number of ketones is 1. The second kappa shape index (κ2) is 6.17. The van der Waals surface area contributed by atoms with Crippen molar-refractivity contribution < 1.29 is 9.18 Å². The molecule has 0 spiro atoms. The molecule has 2 N–H and O–H groups in total. The molecule has 5 heteroatoms. The number of hydrogen-bond donors (Lipinski definition) is 1. The first kappa shape index (κ1) is 15.7. The van der Waals surface area contributed by atoms with E-state index in [9.17, 15) is 9.18 Å². The summed E-state index contributed by atoms with van der Waals surface area (Å²) in [7, 11) is 0. The molecule has 2 aromatic carbocycles. The smallest absolute Gasteiger partial charge is 0.195 e. The lowest BCUT2D eigenvalue weighted by Gasteiger charge is -2.08. The van der Waals surface area contributed by atoms with Gasteiger partial charge in [0, 0.05) is 21.3 Å². The summed E-state index contributed by atoms with van der Waals surface area (Å²) in [6.07, 6.45) is 0. The molecule has 2 nitrogen and oxygen atoms in total. The van der Waals surface area contributed by atoms with E-state index in [0.717, 1.165) is 10.0 Å². The van der Waals surface area contributed by atoms with Crippen LogP contribution in [0.1, 0.15) is 21.5 Å². The number of anilines is 1. The van der Waals surface area contributed by atoms with Gasteiger partial charge in [-0.05, 0) is 48.9 Å². The Morgan fingerprint density at radius 2 is 1.79 bits per heavy atom. The predicted molar refractivity (Wildman–Crippen MR) is 80.4 cm³/mol. The van der Waals surface area contributed by atoms with Crippen LogP contribution >= 0.6 is 28.3 Å². The Morgan fingerprint density at radius 1 is 1.21 bits per heavy atom. The van der Waals surface area contributed by atoms with Crippen molar-refractivity contribution in [3.05, 3.63) is 63.4 Å². The highest BCUT2D eigenvalue weighted by atomic mass is 79.9. The van der Waals surface area contributed by atoms with E-state index in [1.165, 1.54) is 24.3 Å². The summed E-state index contributed by atoms with van der Waals surface area (Å²) in [6.45, 7) is 1.88. The summed E-state index contributed by atoms with van der Waals surface area (Å²) in [5.41, 5.74) is 8.02. The first-order valence-corrected chi connectivity index (χ1v) is 6.14. The van der Waals surface area contributed by atoms with Gasteiger partial charge in [-0.2, -0.15) is 0 Å². The summed E-state index contributed by atoms with van der Waals surface area (Å²) in [5, 5.41) is 0. The summed E-state index contributed by atoms with van der Waals surface area (Å²) in [4.78, 5) is 12.2. The van der Waals surface area contributed by atoms with Gasteiger partial charge >= 0.3 is 0 Å². The summed E-state index contributed by atoms with van der Waals surface area (Å²) >= 11 is 3.35. The lowest BCUT2D eigenvalue weighted by molar-refractivity contribution is 0.103. The normalized spacial score (nSPS) is 9.84. The third-order valence-corrected chi connectivity index (χ3v) is 3.54. The quantitative estimate of drug-likeness (QED) is 0.657. The molecular formula is C14H12BrClFNO. The SMILES string of the molecule is Cc1cc(C(=O)c2ccc(F)cc2)c(N)cc1Br.Cl. The van der Waals surface area contributed by atoms with Gasteiger partial charge in [0.2, 0.25) is 0 Å². The number of benzene rings is 2. The molecule has 0 saturated heterocycles. The number of aryl methyl sites for hydroxylation is 1. The van der Waals surface area contributed by atoms with Crippen LogP contribution in [0, 0.1) is 12.7 Å². The Hall–Kier alpha value is -1.39. The molecule has 0 amide bonds. The van der Waals surface area contributed by atoms with Gasteiger partial charge in [-0.3, -0.25) is 4.79 Å². The van der Waals surface area contributed by atoms with Crippen LogP contribution in [0.4, 0.5) is 10.1 Å². The van der Waals surface area contributed by atoms with Crippen molar-refractivity contribution in [2.24, 2.45) is 0 Å². The molecule has 0 aliphatic heterocycles. The van der Waals surface area contributed by atoms with Crippen molar-refractivity contribution in [2.75, 3.05) is 5.73 Å². The zero-order chi connectivity index (χ0) is 13.3. The molecule has 0 bridgehead atoms. The average Bonchev–Trinajstić information content (AvgIpc) is 2.34. The minimum atomic E-state index is -0.369. The maximum Gasteiger partial charge on any atom is 0.195 e. The minimum Gasteiger partial charge on any atom is -0.398 e. The number of hydrogen-bond acceptors (Lipinski definition) is 2. The molecule has 0 aliphatic rings. The van der Waals surface area contributed by atoms with Gasteiger partial charge in [0.05, 0.1) is 0 Å². The number of rotatable bonds is 2. The van der Waals surface area contributed by atoms with E-state index in [-0.39, 0.29) is 24.0 Å². The number of halogens is 3. The lowest BCUT2D eigenvalue weighted by Crippen LogP contribution is -2.06. The van der Waals surface area contributed by atoms with Gasteiger partial charge in [-0.1, -0.05) is 15.9 Å². The van der Waals surface area contributed by atoms with Crippen molar-refractivity contribution in [2.45, 2.75) is 6.92 Å². The molecule has 0 heterocycles. The molecular weight excluding hydrogens is 333 g/mol. The molecule has 19 heavy (non-hydrogen) atoms. The topological polar surface area (TPSA) is 43.1 Å². The molecule has 0 radical (unpaired) electrons. The Bertz CT molecular complexity index is 614. The van der Waals surface area contributed by atoms with Gasteiger partial charge in [-0.25, -0.2) is 4.39 Å².